The van der Waals surface area contributed by atoms with Crippen LogP contribution in [0, 0.1) is 0 Å². The fourth-order valence-corrected chi connectivity index (χ4v) is 3.09. The molecule has 0 fully saturated rings. The minimum atomic E-state index is -0.352. The first-order chi connectivity index (χ1) is 8.72. The Hall–Kier alpha value is -1.54. The summed E-state index contributed by atoms with van der Waals surface area (Å²) in [6.45, 7) is 2.24. The number of hydrogen-bond donors (Lipinski definition) is 1. The molecule has 0 spiro atoms. The minimum Gasteiger partial charge on any atom is -0.496 e. The van der Waals surface area contributed by atoms with Gasteiger partial charge in [-0.05, 0) is 41.3 Å². The highest BCUT2D eigenvalue weighted by molar-refractivity contribution is 5.92. The van der Waals surface area contributed by atoms with Crippen LogP contribution in [0.2, 0.25) is 0 Å². The molecule has 0 saturated carbocycles. The van der Waals surface area contributed by atoms with E-state index in [0.29, 0.717) is 5.92 Å². The Morgan fingerprint density at radius 3 is 2.61 bits per heavy atom. The lowest BCUT2D eigenvalue weighted by Gasteiger charge is -2.29. The molecule has 0 radical (unpaired) electrons. The number of hydrogen-bond acceptors (Lipinski definition) is 2. The van der Waals surface area contributed by atoms with Crippen molar-refractivity contribution in [3.8, 4) is 5.75 Å². The van der Waals surface area contributed by atoms with Crippen LogP contribution in [-0.4, -0.2) is 12.2 Å². The van der Waals surface area contributed by atoms with E-state index in [-0.39, 0.29) is 6.10 Å². The third-order valence-corrected chi connectivity index (χ3v) is 4.03. The molecule has 1 unspecified atom stereocenters. The van der Waals surface area contributed by atoms with Crippen molar-refractivity contribution in [1.29, 1.82) is 0 Å². The van der Waals surface area contributed by atoms with Gasteiger partial charge in [-0.15, -0.1) is 0 Å². The van der Waals surface area contributed by atoms with Gasteiger partial charge >= 0.3 is 0 Å². The molecule has 3 rings (SSSR count). The molecule has 2 heteroatoms. The van der Waals surface area contributed by atoms with E-state index in [1.807, 2.05) is 12.1 Å². The Labute approximate surface area is 107 Å². The van der Waals surface area contributed by atoms with Gasteiger partial charge in [-0.25, -0.2) is 0 Å². The van der Waals surface area contributed by atoms with E-state index >= 15 is 0 Å². The molecule has 0 saturated heterocycles. The van der Waals surface area contributed by atoms with Gasteiger partial charge in [-0.1, -0.05) is 31.2 Å². The first-order valence-corrected chi connectivity index (χ1v) is 6.50. The van der Waals surface area contributed by atoms with Gasteiger partial charge in [-0.2, -0.15) is 0 Å². The van der Waals surface area contributed by atoms with E-state index in [9.17, 15) is 5.11 Å². The van der Waals surface area contributed by atoms with Gasteiger partial charge in [-0.3, -0.25) is 0 Å². The SMILES string of the molecule is COc1cc2c(c3ccccc13)C(C)CC[C@@H]2O. The van der Waals surface area contributed by atoms with Crippen LogP contribution in [0.5, 0.6) is 5.75 Å². The Balaban J connectivity index is 2.39. The lowest BCUT2D eigenvalue weighted by Crippen LogP contribution is -2.13. The number of rotatable bonds is 1. The third kappa shape index (κ3) is 1.60. The van der Waals surface area contributed by atoms with Crippen molar-refractivity contribution >= 4 is 10.8 Å². The van der Waals surface area contributed by atoms with Gasteiger partial charge in [0.2, 0.25) is 0 Å². The van der Waals surface area contributed by atoms with Crippen LogP contribution in [0.4, 0.5) is 0 Å². The second-order valence-electron chi connectivity index (χ2n) is 5.12. The highest BCUT2D eigenvalue weighted by atomic mass is 16.5. The third-order valence-electron chi connectivity index (χ3n) is 4.03. The van der Waals surface area contributed by atoms with Crippen LogP contribution in [0.3, 0.4) is 0 Å². The van der Waals surface area contributed by atoms with Crippen LogP contribution < -0.4 is 4.74 Å². The van der Waals surface area contributed by atoms with Crippen molar-refractivity contribution in [2.24, 2.45) is 0 Å². The number of aliphatic hydroxyl groups excluding tert-OH is 1. The van der Waals surface area contributed by atoms with Gasteiger partial charge < -0.3 is 9.84 Å². The van der Waals surface area contributed by atoms with Gasteiger partial charge in [0.15, 0.2) is 0 Å². The summed E-state index contributed by atoms with van der Waals surface area (Å²) in [6, 6.07) is 10.3. The maximum atomic E-state index is 10.2. The number of aliphatic hydroxyl groups is 1. The largest absolute Gasteiger partial charge is 0.496 e. The van der Waals surface area contributed by atoms with Gasteiger partial charge in [0, 0.05) is 5.39 Å². The van der Waals surface area contributed by atoms with E-state index in [2.05, 4.69) is 25.1 Å². The van der Waals surface area contributed by atoms with Crippen molar-refractivity contribution < 1.29 is 9.84 Å². The van der Waals surface area contributed by atoms with Crippen LogP contribution >= 0.6 is 0 Å². The number of ether oxygens (including phenoxy) is 1. The fourth-order valence-electron chi connectivity index (χ4n) is 3.09. The maximum absolute atomic E-state index is 10.2. The Kier molecular flexibility index (Phi) is 2.75. The first kappa shape index (κ1) is 11.5. The molecule has 94 valence electrons. The summed E-state index contributed by atoms with van der Waals surface area (Å²) < 4.78 is 5.47. The number of methoxy groups -OCH3 is 1. The summed E-state index contributed by atoms with van der Waals surface area (Å²) in [5, 5.41) is 12.6. The molecule has 0 amide bonds. The molecule has 0 heterocycles. The van der Waals surface area contributed by atoms with Crippen molar-refractivity contribution in [2.75, 3.05) is 7.11 Å². The molecular formula is C16H18O2. The lowest BCUT2D eigenvalue weighted by atomic mass is 9.79. The average Bonchev–Trinajstić information content (AvgIpc) is 2.41. The molecule has 2 atom stereocenters. The summed E-state index contributed by atoms with van der Waals surface area (Å²) in [6.07, 6.45) is 1.54. The summed E-state index contributed by atoms with van der Waals surface area (Å²) >= 11 is 0. The predicted molar refractivity (Wildman–Crippen MR) is 73.1 cm³/mol. The quantitative estimate of drug-likeness (QED) is 0.824. The average molecular weight is 242 g/mol. The van der Waals surface area contributed by atoms with Crippen molar-refractivity contribution in [1.82, 2.24) is 0 Å². The van der Waals surface area contributed by atoms with Crippen molar-refractivity contribution in [3.63, 3.8) is 0 Å². The predicted octanol–water partition coefficient (Wildman–Crippen LogP) is 3.78. The zero-order chi connectivity index (χ0) is 12.7. The molecule has 0 aliphatic heterocycles. The van der Waals surface area contributed by atoms with E-state index < -0.39 is 0 Å². The number of benzene rings is 2. The molecule has 0 aromatic heterocycles. The smallest absolute Gasteiger partial charge is 0.127 e. The van der Waals surface area contributed by atoms with Gasteiger partial charge in [0.05, 0.1) is 13.2 Å². The van der Waals surface area contributed by atoms with Crippen molar-refractivity contribution in [2.45, 2.75) is 31.8 Å². The minimum absolute atomic E-state index is 0.352. The highest BCUT2D eigenvalue weighted by Gasteiger charge is 2.26. The Morgan fingerprint density at radius 1 is 1.17 bits per heavy atom. The zero-order valence-electron chi connectivity index (χ0n) is 10.8. The van der Waals surface area contributed by atoms with Crippen LogP contribution in [0.1, 0.15) is 42.9 Å². The monoisotopic (exact) mass is 242 g/mol. The summed E-state index contributed by atoms with van der Waals surface area (Å²) in [5.74, 6) is 1.36. The molecular weight excluding hydrogens is 224 g/mol. The fraction of sp³-hybridized carbons (Fsp3) is 0.375. The topological polar surface area (TPSA) is 29.5 Å². The van der Waals surface area contributed by atoms with Crippen LogP contribution in [-0.2, 0) is 0 Å². The second kappa shape index (κ2) is 4.29. The maximum Gasteiger partial charge on any atom is 0.127 e. The number of fused-ring (bicyclic) bond motifs is 3. The molecule has 2 aromatic carbocycles. The molecule has 1 aliphatic carbocycles. The van der Waals surface area contributed by atoms with E-state index in [0.717, 1.165) is 29.5 Å². The summed E-state index contributed by atoms with van der Waals surface area (Å²) in [7, 11) is 1.69. The van der Waals surface area contributed by atoms with Crippen LogP contribution in [0.15, 0.2) is 30.3 Å². The van der Waals surface area contributed by atoms with Gasteiger partial charge in [0.1, 0.15) is 5.75 Å². The zero-order valence-corrected chi connectivity index (χ0v) is 10.8. The Bertz CT molecular complexity index is 589. The normalized spacial score (nSPS) is 22.8. The molecule has 18 heavy (non-hydrogen) atoms. The summed E-state index contributed by atoms with van der Waals surface area (Å²) in [4.78, 5) is 0. The van der Waals surface area contributed by atoms with E-state index in [1.54, 1.807) is 7.11 Å². The molecule has 1 N–H and O–H groups in total. The molecule has 1 aliphatic rings. The molecule has 2 nitrogen and oxygen atoms in total. The molecule has 0 bridgehead atoms. The van der Waals surface area contributed by atoms with Gasteiger partial charge in [0.25, 0.3) is 0 Å². The van der Waals surface area contributed by atoms with E-state index in [4.69, 9.17) is 4.74 Å². The van der Waals surface area contributed by atoms with Crippen molar-refractivity contribution in [3.05, 3.63) is 41.5 Å². The molecule has 2 aromatic rings. The highest BCUT2D eigenvalue weighted by Crippen LogP contribution is 2.44. The lowest BCUT2D eigenvalue weighted by molar-refractivity contribution is 0.152. The summed E-state index contributed by atoms with van der Waals surface area (Å²) in [5.41, 5.74) is 2.34. The standard InChI is InChI=1S/C16H18O2/c1-10-7-8-14(17)13-9-15(18-2)11-5-3-4-6-12(11)16(10)13/h3-6,9-10,14,17H,7-8H2,1-2H3/t10?,14-/m0/s1. The first-order valence-electron chi connectivity index (χ1n) is 6.50. The Morgan fingerprint density at radius 2 is 1.89 bits per heavy atom. The second-order valence-corrected chi connectivity index (χ2v) is 5.12. The van der Waals surface area contributed by atoms with Crippen LogP contribution in [0.25, 0.3) is 10.8 Å². The van der Waals surface area contributed by atoms with E-state index in [1.165, 1.54) is 10.9 Å².